The molecule has 7 nitrogen and oxygen atoms in total. The minimum absolute atomic E-state index is 0.153. The van der Waals surface area contributed by atoms with Gasteiger partial charge in [0.15, 0.2) is 5.96 Å². The highest BCUT2D eigenvalue weighted by Gasteiger charge is 2.16. The van der Waals surface area contributed by atoms with E-state index in [2.05, 4.69) is 15.6 Å². The van der Waals surface area contributed by atoms with Gasteiger partial charge in [-0.25, -0.2) is 0 Å². The first-order valence-corrected chi connectivity index (χ1v) is 9.17. The molecule has 1 amide bonds. The van der Waals surface area contributed by atoms with E-state index in [4.69, 9.17) is 9.47 Å². The van der Waals surface area contributed by atoms with Gasteiger partial charge in [-0.2, -0.15) is 0 Å². The number of rotatable bonds is 8. The molecule has 2 N–H and O–H groups in total. The highest BCUT2D eigenvalue weighted by molar-refractivity contribution is 5.86. The van der Waals surface area contributed by atoms with Crippen LogP contribution in [0.5, 0.6) is 0 Å². The number of amides is 1. The van der Waals surface area contributed by atoms with Gasteiger partial charge in [0.2, 0.25) is 5.91 Å². The van der Waals surface area contributed by atoms with E-state index in [1.807, 2.05) is 4.90 Å². The molecule has 0 bridgehead atoms. The molecule has 0 aliphatic carbocycles. The maximum Gasteiger partial charge on any atom is 0.241 e. The number of carbonyl (C=O) groups excluding carboxylic acids is 1. The summed E-state index contributed by atoms with van der Waals surface area (Å²) >= 11 is 0. The van der Waals surface area contributed by atoms with E-state index in [-0.39, 0.29) is 5.91 Å². The SMILES string of the molecule is CN=C(NCCCOCC1CCOC1)NCC(=O)N1CCCCC1. The molecule has 0 aromatic rings. The average Bonchev–Trinajstić information content (AvgIpc) is 3.14. The summed E-state index contributed by atoms with van der Waals surface area (Å²) in [4.78, 5) is 18.2. The van der Waals surface area contributed by atoms with Crippen molar-refractivity contribution in [3.8, 4) is 0 Å². The second-order valence-electron chi connectivity index (χ2n) is 6.45. The number of ether oxygens (including phenoxy) is 2. The molecule has 0 radical (unpaired) electrons. The van der Waals surface area contributed by atoms with E-state index >= 15 is 0 Å². The average molecular weight is 340 g/mol. The molecule has 2 fully saturated rings. The largest absolute Gasteiger partial charge is 0.381 e. The predicted molar refractivity (Wildman–Crippen MR) is 94.2 cm³/mol. The van der Waals surface area contributed by atoms with Crippen LogP contribution < -0.4 is 10.6 Å². The Morgan fingerprint density at radius 2 is 2.12 bits per heavy atom. The van der Waals surface area contributed by atoms with E-state index in [1.54, 1.807) is 7.05 Å². The maximum absolute atomic E-state index is 12.1. The topological polar surface area (TPSA) is 75.2 Å². The first-order valence-electron chi connectivity index (χ1n) is 9.17. The number of nitrogens with zero attached hydrogens (tertiary/aromatic N) is 2. The van der Waals surface area contributed by atoms with Crippen LogP contribution in [-0.2, 0) is 14.3 Å². The molecule has 1 unspecified atom stereocenters. The smallest absolute Gasteiger partial charge is 0.241 e. The number of carbonyl (C=O) groups is 1. The van der Waals surface area contributed by atoms with E-state index in [1.165, 1.54) is 6.42 Å². The van der Waals surface area contributed by atoms with E-state index in [9.17, 15) is 4.79 Å². The summed E-state index contributed by atoms with van der Waals surface area (Å²) in [6.45, 7) is 6.07. The third-order valence-electron chi connectivity index (χ3n) is 4.47. The maximum atomic E-state index is 12.1. The molecule has 24 heavy (non-hydrogen) atoms. The lowest BCUT2D eigenvalue weighted by molar-refractivity contribution is -0.130. The van der Waals surface area contributed by atoms with Crippen LogP contribution in [0.15, 0.2) is 4.99 Å². The van der Waals surface area contributed by atoms with Crippen molar-refractivity contribution in [2.45, 2.75) is 32.1 Å². The van der Waals surface area contributed by atoms with Crippen LogP contribution >= 0.6 is 0 Å². The van der Waals surface area contributed by atoms with Crippen LogP contribution in [0.2, 0.25) is 0 Å². The third-order valence-corrected chi connectivity index (χ3v) is 4.47. The van der Waals surface area contributed by atoms with E-state index < -0.39 is 0 Å². The fraction of sp³-hybridized carbons (Fsp3) is 0.882. The lowest BCUT2D eigenvalue weighted by atomic mass is 10.1. The van der Waals surface area contributed by atoms with Gasteiger partial charge in [-0.1, -0.05) is 0 Å². The van der Waals surface area contributed by atoms with Crippen LogP contribution in [0, 0.1) is 5.92 Å². The lowest BCUT2D eigenvalue weighted by Gasteiger charge is -2.27. The monoisotopic (exact) mass is 340 g/mol. The quantitative estimate of drug-likeness (QED) is 0.385. The van der Waals surface area contributed by atoms with Crippen molar-refractivity contribution in [3.05, 3.63) is 0 Å². The summed E-state index contributed by atoms with van der Waals surface area (Å²) in [5, 5.41) is 6.31. The van der Waals surface area contributed by atoms with Crippen molar-refractivity contribution in [3.63, 3.8) is 0 Å². The molecule has 138 valence electrons. The number of hydrogen-bond acceptors (Lipinski definition) is 4. The second kappa shape index (κ2) is 11.3. The molecule has 2 rings (SSSR count). The molecule has 7 heteroatoms. The molecule has 2 aliphatic heterocycles. The van der Waals surface area contributed by atoms with Crippen LogP contribution in [0.4, 0.5) is 0 Å². The first-order chi connectivity index (χ1) is 11.8. The number of piperidine rings is 1. The summed E-state index contributed by atoms with van der Waals surface area (Å²) in [6.07, 6.45) is 5.49. The Labute approximate surface area is 145 Å². The minimum atomic E-state index is 0.153. The minimum Gasteiger partial charge on any atom is -0.381 e. The fourth-order valence-electron chi connectivity index (χ4n) is 2.98. The molecule has 0 saturated carbocycles. The number of likely N-dealkylation sites (tertiary alicyclic amines) is 1. The van der Waals surface area contributed by atoms with Gasteiger partial charge >= 0.3 is 0 Å². The van der Waals surface area contributed by atoms with Gasteiger partial charge in [-0.05, 0) is 32.1 Å². The van der Waals surface area contributed by atoms with Crippen LogP contribution in [-0.4, -0.2) is 76.4 Å². The Kier molecular flexibility index (Phi) is 8.91. The third kappa shape index (κ3) is 7.05. The Hall–Kier alpha value is -1.34. The Bertz CT molecular complexity index is 391. The van der Waals surface area contributed by atoms with Crippen LogP contribution in [0.1, 0.15) is 32.1 Å². The second-order valence-corrected chi connectivity index (χ2v) is 6.45. The molecule has 2 heterocycles. The standard InChI is InChI=1S/C17H32N4O3/c1-18-17(20-12-16(22)21-8-3-2-4-9-21)19-7-5-10-23-13-15-6-11-24-14-15/h15H,2-14H2,1H3,(H2,18,19,20). The molecule has 1 atom stereocenters. The van der Waals surface area contributed by atoms with Crippen LogP contribution in [0.3, 0.4) is 0 Å². The molecular weight excluding hydrogens is 308 g/mol. The van der Waals surface area contributed by atoms with Gasteiger partial charge in [0.25, 0.3) is 0 Å². The molecule has 2 aliphatic rings. The number of hydrogen-bond donors (Lipinski definition) is 2. The normalized spacial score (nSPS) is 21.8. The number of aliphatic imine (C=N–C) groups is 1. The number of nitrogens with one attached hydrogen (secondary N) is 2. The van der Waals surface area contributed by atoms with E-state index in [0.717, 1.165) is 71.7 Å². The predicted octanol–water partition coefficient (Wildman–Crippen LogP) is 0.607. The van der Waals surface area contributed by atoms with Crippen molar-refractivity contribution in [1.82, 2.24) is 15.5 Å². The zero-order valence-electron chi connectivity index (χ0n) is 14.9. The Morgan fingerprint density at radius 1 is 1.29 bits per heavy atom. The summed E-state index contributed by atoms with van der Waals surface area (Å²) in [5.74, 6) is 1.39. The van der Waals surface area contributed by atoms with Gasteiger partial charge in [0.1, 0.15) is 0 Å². The van der Waals surface area contributed by atoms with Crippen molar-refractivity contribution in [2.75, 3.05) is 59.7 Å². The summed E-state index contributed by atoms with van der Waals surface area (Å²) in [6, 6.07) is 0. The van der Waals surface area contributed by atoms with Gasteiger partial charge in [-0.15, -0.1) is 0 Å². The van der Waals surface area contributed by atoms with Gasteiger partial charge in [-0.3, -0.25) is 9.79 Å². The van der Waals surface area contributed by atoms with Crippen molar-refractivity contribution in [2.24, 2.45) is 10.9 Å². The number of guanidine groups is 1. The molecule has 0 aromatic carbocycles. The Morgan fingerprint density at radius 3 is 2.83 bits per heavy atom. The lowest BCUT2D eigenvalue weighted by Crippen LogP contribution is -2.46. The summed E-state index contributed by atoms with van der Waals surface area (Å²) in [5.41, 5.74) is 0. The summed E-state index contributed by atoms with van der Waals surface area (Å²) in [7, 11) is 1.72. The zero-order chi connectivity index (χ0) is 17.0. The highest BCUT2D eigenvalue weighted by atomic mass is 16.5. The molecule has 2 saturated heterocycles. The van der Waals surface area contributed by atoms with Gasteiger partial charge in [0.05, 0.1) is 19.8 Å². The van der Waals surface area contributed by atoms with Crippen molar-refractivity contribution < 1.29 is 14.3 Å². The van der Waals surface area contributed by atoms with Crippen molar-refractivity contribution in [1.29, 1.82) is 0 Å². The summed E-state index contributed by atoms with van der Waals surface area (Å²) < 4.78 is 11.0. The highest BCUT2D eigenvalue weighted by Crippen LogP contribution is 2.12. The Balaban J connectivity index is 1.49. The molecule has 0 spiro atoms. The fourth-order valence-corrected chi connectivity index (χ4v) is 2.98. The van der Waals surface area contributed by atoms with Gasteiger partial charge in [0, 0.05) is 45.8 Å². The van der Waals surface area contributed by atoms with Crippen molar-refractivity contribution >= 4 is 11.9 Å². The molecular formula is C17H32N4O3. The zero-order valence-corrected chi connectivity index (χ0v) is 14.9. The van der Waals surface area contributed by atoms with Gasteiger partial charge < -0.3 is 25.0 Å². The molecule has 0 aromatic heterocycles. The first kappa shape index (κ1) is 19.0. The van der Waals surface area contributed by atoms with Crippen LogP contribution in [0.25, 0.3) is 0 Å². The van der Waals surface area contributed by atoms with E-state index in [0.29, 0.717) is 18.4 Å².